The molecule has 0 aliphatic carbocycles. The third-order valence-corrected chi connectivity index (χ3v) is 5.43. The highest BCUT2D eigenvalue weighted by Gasteiger charge is 2.27. The summed E-state index contributed by atoms with van der Waals surface area (Å²) in [5, 5.41) is 4.11. The van der Waals surface area contributed by atoms with Crippen LogP contribution in [0.25, 0.3) is 11.6 Å². The molecule has 1 amide bonds. The summed E-state index contributed by atoms with van der Waals surface area (Å²) in [6.07, 6.45) is 4.16. The number of rotatable bonds is 4. The number of halogens is 1. The molecule has 144 valence electrons. The first-order chi connectivity index (χ1) is 13.2. The van der Waals surface area contributed by atoms with Gasteiger partial charge in [-0.05, 0) is 30.9 Å². The standard InChI is InChI=1S/C19H23FN4O3/c1-2-17(25)24-6-3-12(4-7-24)18-22-19(27-23-18)16-9-14(15(20)10-21-16)13-5-8-26-11-13/h9-10,12-13H,2-8,11H2,1H3. The highest BCUT2D eigenvalue weighted by Crippen LogP contribution is 2.31. The minimum absolute atomic E-state index is 0.0366. The molecule has 1 unspecified atom stereocenters. The molecule has 27 heavy (non-hydrogen) atoms. The summed E-state index contributed by atoms with van der Waals surface area (Å²) < 4.78 is 24.9. The Morgan fingerprint density at radius 2 is 2.11 bits per heavy atom. The fraction of sp³-hybridized carbons (Fsp3) is 0.579. The summed E-state index contributed by atoms with van der Waals surface area (Å²) in [4.78, 5) is 22.3. The van der Waals surface area contributed by atoms with Gasteiger partial charge in [0.25, 0.3) is 5.89 Å². The number of carbonyl (C=O) groups excluding carboxylic acids is 1. The fourth-order valence-corrected chi connectivity index (χ4v) is 3.78. The van der Waals surface area contributed by atoms with E-state index in [-0.39, 0.29) is 23.6 Å². The summed E-state index contributed by atoms with van der Waals surface area (Å²) >= 11 is 0. The predicted octanol–water partition coefficient (Wildman–Crippen LogP) is 2.89. The van der Waals surface area contributed by atoms with E-state index in [0.717, 1.165) is 19.3 Å². The van der Waals surface area contributed by atoms with E-state index in [1.54, 1.807) is 6.07 Å². The summed E-state index contributed by atoms with van der Waals surface area (Å²) in [6, 6.07) is 1.69. The zero-order valence-corrected chi connectivity index (χ0v) is 15.4. The first kappa shape index (κ1) is 18.0. The Labute approximate surface area is 156 Å². The number of ether oxygens (including phenoxy) is 1. The lowest BCUT2D eigenvalue weighted by Gasteiger charge is -2.30. The highest BCUT2D eigenvalue weighted by molar-refractivity contribution is 5.75. The minimum Gasteiger partial charge on any atom is -0.381 e. The van der Waals surface area contributed by atoms with Gasteiger partial charge in [-0.3, -0.25) is 4.79 Å². The monoisotopic (exact) mass is 374 g/mol. The average Bonchev–Trinajstić information content (AvgIpc) is 3.40. The lowest BCUT2D eigenvalue weighted by atomic mass is 9.96. The molecule has 0 N–H and O–H groups in total. The van der Waals surface area contributed by atoms with Crippen LogP contribution in [0.4, 0.5) is 4.39 Å². The molecule has 2 aliphatic rings. The molecule has 0 radical (unpaired) electrons. The Hall–Kier alpha value is -2.35. The molecular formula is C19H23FN4O3. The maximum Gasteiger partial charge on any atom is 0.276 e. The predicted molar refractivity (Wildman–Crippen MR) is 94.5 cm³/mol. The molecule has 4 heterocycles. The fourth-order valence-electron chi connectivity index (χ4n) is 3.78. The maximum atomic E-state index is 14.1. The molecule has 0 spiro atoms. The molecule has 4 rings (SSSR count). The lowest BCUT2D eigenvalue weighted by Crippen LogP contribution is -2.37. The Kier molecular flexibility index (Phi) is 5.15. The van der Waals surface area contributed by atoms with E-state index in [2.05, 4.69) is 15.1 Å². The van der Waals surface area contributed by atoms with Crippen molar-refractivity contribution in [3.8, 4) is 11.6 Å². The minimum atomic E-state index is -0.332. The van der Waals surface area contributed by atoms with Gasteiger partial charge in [-0.2, -0.15) is 4.98 Å². The third-order valence-electron chi connectivity index (χ3n) is 5.43. The normalized spacial score (nSPS) is 21.0. The molecule has 0 saturated carbocycles. The van der Waals surface area contributed by atoms with E-state index >= 15 is 0 Å². The molecule has 7 nitrogen and oxygen atoms in total. The molecule has 8 heteroatoms. The summed E-state index contributed by atoms with van der Waals surface area (Å²) in [6.45, 7) is 4.46. The number of carbonyl (C=O) groups is 1. The highest BCUT2D eigenvalue weighted by atomic mass is 19.1. The van der Waals surface area contributed by atoms with Gasteiger partial charge in [0.1, 0.15) is 11.5 Å². The van der Waals surface area contributed by atoms with Crippen LogP contribution in [0.3, 0.4) is 0 Å². The van der Waals surface area contributed by atoms with Crippen LogP contribution in [0.2, 0.25) is 0 Å². The van der Waals surface area contributed by atoms with E-state index in [9.17, 15) is 9.18 Å². The van der Waals surface area contributed by atoms with E-state index < -0.39 is 0 Å². The molecule has 2 saturated heterocycles. The van der Waals surface area contributed by atoms with Crippen molar-refractivity contribution in [3.63, 3.8) is 0 Å². The zero-order valence-electron chi connectivity index (χ0n) is 15.4. The van der Waals surface area contributed by atoms with Crippen molar-refractivity contribution in [1.82, 2.24) is 20.0 Å². The smallest absolute Gasteiger partial charge is 0.276 e. The van der Waals surface area contributed by atoms with Crippen LogP contribution in [-0.4, -0.2) is 52.2 Å². The second kappa shape index (κ2) is 7.72. The largest absolute Gasteiger partial charge is 0.381 e. The van der Waals surface area contributed by atoms with E-state index in [1.165, 1.54) is 6.20 Å². The van der Waals surface area contributed by atoms with E-state index in [4.69, 9.17) is 9.26 Å². The molecule has 2 aromatic rings. The number of piperidine rings is 1. The average molecular weight is 374 g/mol. The van der Waals surface area contributed by atoms with Gasteiger partial charge in [-0.15, -0.1) is 0 Å². The third kappa shape index (κ3) is 3.71. The lowest BCUT2D eigenvalue weighted by molar-refractivity contribution is -0.131. The molecule has 2 aromatic heterocycles. The van der Waals surface area contributed by atoms with Gasteiger partial charge in [0.15, 0.2) is 5.82 Å². The Morgan fingerprint density at radius 3 is 2.81 bits per heavy atom. The number of hydrogen-bond acceptors (Lipinski definition) is 6. The van der Waals surface area contributed by atoms with Gasteiger partial charge in [-0.25, -0.2) is 9.37 Å². The molecule has 0 aromatic carbocycles. The first-order valence-electron chi connectivity index (χ1n) is 9.50. The van der Waals surface area contributed by atoms with Gasteiger partial charge in [0, 0.05) is 38.0 Å². The number of nitrogens with zero attached hydrogens (tertiary/aromatic N) is 4. The number of amides is 1. The van der Waals surface area contributed by atoms with Crippen molar-refractivity contribution in [2.75, 3.05) is 26.3 Å². The summed E-state index contributed by atoms with van der Waals surface area (Å²) in [5.74, 6) is 0.979. The summed E-state index contributed by atoms with van der Waals surface area (Å²) in [7, 11) is 0. The van der Waals surface area contributed by atoms with E-state index in [1.807, 2.05) is 11.8 Å². The van der Waals surface area contributed by atoms with Crippen LogP contribution in [-0.2, 0) is 9.53 Å². The second-order valence-corrected chi connectivity index (χ2v) is 7.12. The van der Waals surface area contributed by atoms with Gasteiger partial charge in [-0.1, -0.05) is 12.1 Å². The van der Waals surface area contributed by atoms with Crippen LogP contribution < -0.4 is 0 Å². The topological polar surface area (TPSA) is 81.4 Å². The SMILES string of the molecule is CCC(=O)N1CCC(c2noc(-c3cc(C4CCOC4)c(F)cn3)n2)CC1. The number of hydrogen-bond donors (Lipinski definition) is 0. The van der Waals surface area contributed by atoms with Crippen molar-refractivity contribution in [3.05, 3.63) is 29.5 Å². The van der Waals surface area contributed by atoms with Crippen molar-refractivity contribution in [2.24, 2.45) is 0 Å². The molecule has 1 atom stereocenters. The summed E-state index contributed by atoms with van der Waals surface area (Å²) in [5.41, 5.74) is 1.07. The number of likely N-dealkylation sites (tertiary alicyclic amines) is 1. The second-order valence-electron chi connectivity index (χ2n) is 7.12. The van der Waals surface area contributed by atoms with Crippen molar-refractivity contribution < 1.29 is 18.4 Å². The van der Waals surface area contributed by atoms with Gasteiger partial charge < -0.3 is 14.2 Å². The van der Waals surface area contributed by atoms with Gasteiger partial charge in [0.05, 0.1) is 12.8 Å². The van der Waals surface area contributed by atoms with Crippen LogP contribution in [0.5, 0.6) is 0 Å². The van der Waals surface area contributed by atoms with Crippen molar-refractivity contribution in [2.45, 2.75) is 44.4 Å². The Morgan fingerprint density at radius 1 is 1.30 bits per heavy atom. The maximum absolute atomic E-state index is 14.1. The van der Waals surface area contributed by atoms with Crippen LogP contribution >= 0.6 is 0 Å². The molecule has 2 aliphatic heterocycles. The van der Waals surface area contributed by atoms with Gasteiger partial charge in [0.2, 0.25) is 5.91 Å². The van der Waals surface area contributed by atoms with Crippen molar-refractivity contribution >= 4 is 5.91 Å². The van der Waals surface area contributed by atoms with Gasteiger partial charge >= 0.3 is 0 Å². The number of pyridine rings is 1. The van der Waals surface area contributed by atoms with E-state index in [0.29, 0.717) is 55.7 Å². The quantitative estimate of drug-likeness (QED) is 0.819. The van der Waals surface area contributed by atoms with Crippen LogP contribution in [0, 0.1) is 5.82 Å². The van der Waals surface area contributed by atoms with Crippen LogP contribution in [0.15, 0.2) is 16.8 Å². The van der Waals surface area contributed by atoms with Crippen molar-refractivity contribution in [1.29, 1.82) is 0 Å². The first-order valence-corrected chi connectivity index (χ1v) is 9.50. The van der Waals surface area contributed by atoms with Crippen LogP contribution in [0.1, 0.15) is 55.8 Å². The molecular weight excluding hydrogens is 351 g/mol. The molecule has 0 bridgehead atoms. The number of aromatic nitrogens is 3. The zero-order chi connectivity index (χ0) is 18.8. The molecule has 2 fully saturated rings. The Balaban J connectivity index is 1.48. The Bertz CT molecular complexity index is 811.